The second-order valence-corrected chi connectivity index (χ2v) is 4.93. The van der Waals surface area contributed by atoms with Crippen molar-refractivity contribution >= 4 is 15.9 Å². The molecule has 18 heavy (non-hydrogen) atoms. The third-order valence-electron chi connectivity index (χ3n) is 2.44. The van der Waals surface area contributed by atoms with Crippen LogP contribution in [0.5, 0.6) is 0 Å². The Balaban J connectivity index is 2.12. The summed E-state index contributed by atoms with van der Waals surface area (Å²) >= 11 is 2.61. The van der Waals surface area contributed by atoms with Gasteiger partial charge in [0.05, 0.1) is 12.7 Å². The highest BCUT2D eigenvalue weighted by Crippen LogP contribution is 2.28. The highest BCUT2D eigenvalue weighted by Gasteiger charge is 2.37. The van der Waals surface area contributed by atoms with Crippen LogP contribution < -0.4 is 0 Å². The summed E-state index contributed by atoms with van der Waals surface area (Å²) in [6, 6.07) is 9.39. The minimum Gasteiger partial charge on any atom is -0.271 e. The Kier molecular flexibility index (Phi) is 3.75. The predicted molar refractivity (Wildman–Crippen MR) is 66.4 cm³/mol. The first kappa shape index (κ1) is 13.1. The number of benzene rings is 1. The lowest BCUT2D eigenvalue weighted by molar-refractivity contribution is -0.129. The zero-order valence-electron chi connectivity index (χ0n) is 9.23. The van der Waals surface area contributed by atoms with E-state index in [0.717, 1.165) is 11.1 Å². The van der Waals surface area contributed by atoms with Crippen LogP contribution in [0.2, 0.25) is 0 Å². The van der Waals surface area contributed by atoms with Gasteiger partial charge in [0.15, 0.2) is 0 Å². The highest BCUT2D eigenvalue weighted by atomic mass is 79.9. The van der Waals surface area contributed by atoms with Crippen molar-refractivity contribution < 1.29 is 13.2 Å². The molecule has 0 fully saturated rings. The third kappa shape index (κ3) is 3.13. The highest BCUT2D eigenvalue weighted by molar-refractivity contribution is 9.09. The van der Waals surface area contributed by atoms with Gasteiger partial charge in [0.25, 0.3) is 0 Å². The quantitative estimate of drug-likeness (QED) is 0.785. The minimum absolute atomic E-state index is 0.240. The zero-order valence-corrected chi connectivity index (χ0v) is 10.8. The molecule has 96 valence electrons. The monoisotopic (exact) mass is 318 g/mol. The van der Waals surface area contributed by atoms with Crippen molar-refractivity contribution in [1.29, 1.82) is 0 Å². The smallest absolute Gasteiger partial charge is 0.271 e. The van der Waals surface area contributed by atoms with Crippen molar-refractivity contribution in [2.75, 3.05) is 0 Å². The maximum Gasteiger partial charge on any atom is 0.403 e. The number of hydrogen-bond acceptors (Lipinski definition) is 1. The number of rotatable bonds is 3. The number of halogens is 4. The van der Waals surface area contributed by atoms with Crippen LogP contribution in [0.4, 0.5) is 13.2 Å². The molecule has 1 unspecified atom stereocenters. The maximum absolute atomic E-state index is 12.4. The van der Waals surface area contributed by atoms with Gasteiger partial charge >= 0.3 is 6.18 Å². The average Bonchev–Trinajstić information content (AvgIpc) is 2.77. The second kappa shape index (κ2) is 5.14. The van der Waals surface area contributed by atoms with Crippen LogP contribution in [0.15, 0.2) is 42.7 Å². The molecule has 0 radical (unpaired) electrons. The summed E-state index contributed by atoms with van der Waals surface area (Å²) in [5, 5.41) is 3.93. The molecule has 0 aliphatic heterocycles. The average molecular weight is 319 g/mol. The van der Waals surface area contributed by atoms with Gasteiger partial charge in [0.1, 0.15) is 4.83 Å². The van der Waals surface area contributed by atoms with E-state index < -0.39 is 11.0 Å². The van der Waals surface area contributed by atoms with E-state index in [9.17, 15) is 13.2 Å². The fourth-order valence-corrected chi connectivity index (χ4v) is 1.81. The molecule has 0 aliphatic carbocycles. The van der Waals surface area contributed by atoms with Crippen LogP contribution >= 0.6 is 15.9 Å². The molecule has 0 aliphatic rings. The molecular weight excluding hydrogens is 309 g/mol. The molecule has 1 heterocycles. The van der Waals surface area contributed by atoms with E-state index >= 15 is 0 Å². The lowest BCUT2D eigenvalue weighted by atomic mass is 10.1. The summed E-state index contributed by atoms with van der Waals surface area (Å²) in [6.07, 6.45) is -1.10. The zero-order chi connectivity index (χ0) is 13.2. The molecule has 0 bridgehead atoms. The van der Waals surface area contributed by atoms with Crippen molar-refractivity contribution in [3.05, 3.63) is 42.7 Å². The Hall–Kier alpha value is -1.30. The molecule has 0 N–H and O–H groups in total. The van der Waals surface area contributed by atoms with Crippen LogP contribution in [-0.4, -0.2) is 20.8 Å². The molecule has 1 atom stereocenters. The topological polar surface area (TPSA) is 17.8 Å². The molecule has 0 spiro atoms. The lowest BCUT2D eigenvalue weighted by Gasteiger charge is -2.13. The van der Waals surface area contributed by atoms with E-state index in [1.807, 2.05) is 30.3 Å². The van der Waals surface area contributed by atoms with Crippen LogP contribution in [0.3, 0.4) is 0 Å². The van der Waals surface area contributed by atoms with E-state index in [0.29, 0.717) is 0 Å². The van der Waals surface area contributed by atoms with Crippen molar-refractivity contribution in [3.8, 4) is 11.1 Å². The fraction of sp³-hybridized carbons (Fsp3) is 0.250. The molecule has 2 aromatic rings. The lowest BCUT2D eigenvalue weighted by Crippen LogP contribution is -2.27. The van der Waals surface area contributed by atoms with E-state index in [1.165, 1.54) is 4.68 Å². The van der Waals surface area contributed by atoms with Crippen LogP contribution in [0.1, 0.15) is 0 Å². The van der Waals surface area contributed by atoms with Crippen LogP contribution in [-0.2, 0) is 6.54 Å². The number of aromatic nitrogens is 2. The van der Waals surface area contributed by atoms with Crippen LogP contribution in [0, 0.1) is 0 Å². The van der Waals surface area contributed by atoms with Gasteiger partial charge in [-0.05, 0) is 5.56 Å². The first-order valence-electron chi connectivity index (χ1n) is 5.25. The fourth-order valence-electron chi connectivity index (χ4n) is 1.51. The van der Waals surface area contributed by atoms with Gasteiger partial charge in [0.2, 0.25) is 0 Å². The van der Waals surface area contributed by atoms with Gasteiger partial charge in [-0.25, -0.2) is 0 Å². The Morgan fingerprint density at radius 1 is 1.17 bits per heavy atom. The first-order chi connectivity index (χ1) is 8.47. The summed E-state index contributed by atoms with van der Waals surface area (Å²) in [5.41, 5.74) is 1.74. The summed E-state index contributed by atoms with van der Waals surface area (Å²) in [4.78, 5) is -1.59. The van der Waals surface area contributed by atoms with Crippen molar-refractivity contribution in [3.63, 3.8) is 0 Å². The maximum atomic E-state index is 12.4. The van der Waals surface area contributed by atoms with Crippen molar-refractivity contribution in [1.82, 2.24) is 9.78 Å². The standard InChI is InChI=1S/C12H10BrF3N2/c13-11(12(14,15)16)8-18-7-10(6-17-18)9-4-2-1-3-5-9/h1-7,11H,8H2. The van der Waals surface area contributed by atoms with Crippen LogP contribution in [0.25, 0.3) is 11.1 Å². The van der Waals surface area contributed by atoms with E-state index in [2.05, 4.69) is 21.0 Å². The normalized spacial score (nSPS) is 13.6. The molecule has 1 aromatic heterocycles. The van der Waals surface area contributed by atoms with Gasteiger partial charge in [0, 0.05) is 11.8 Å². The summed E-state index contributed by atoms with van der Waals surface area (Å²) < 4.78 is 38.4. The number of alkyl halides is 4. The Morgan fingerprint density at radius 3 is 2.44 bits per heavy atom. The van der Waals surface area contributed by atoms with E-state index in [1.54, 1.807) is 12.4 Å². The Labute approximate surface area is 111 Å². The largest absolute Gasteiger partial charge is 0.403 e. The van der Waals surface area contributed by atoms with Gasteiger partial charge in [-0.15, -0.1) is 0 Å². The molecule has 0 saturated heterocycles. The summed E-state index contributed by atoms with van der Waals surface area (Å²) in [6.45, 7) is -0.240. The Morgan fingerprint density at radius 2 is 1.83 bits per heavy atom. The molecular formula is C12H10BrF3N2. The van der Waals surface area contributed by atoms with E-state index in [4.69, 9.17) is 0 Å². The molecule has 2 rings (SSSR count). The van der Waals surface area contributed by atoms with E-state index in [-0.39, 0.29) is 6.54 Å². The molecule has 1 aromatic carbocycles. The SMILES string of the molecule is FC(F)(F)C(Br)Cn1cc(-c2ccccc2)cn1. The molecule has 0 amide bonds. The third-order valence-corrected chi connectivity index (χ3v) is 3.25. The van der Waals surface area contributed by atoms with Gasteiger partial charge in [-0.1, -0.05) is 46.3 Å². The first-order valence-corrected chi connectivity index (χ1v) is 6.17. The predicted octanol–water partition coefficient (Wildman–Crippen LogP) is 3.88. The second-order valence-electron chi connectivity index (χ2n) is 3.83. The summed E-state index contributed by atoms with van der Waals surface area (Å²) in [5.74, 6) is 0. The van der Waals surface area contributed by atoms with Gasteiger partial charge in [-0.3, -0.25) is 4.68 Å². The van der Waals surface area contributed by atoms with Crippen molar-refractivity contribution in [2.24, 2.45) is 0 Å². The molecule has 6 heteroatoms. The Bertz CT molecular complexity index is 508. The molecule has 0 saturated carbocycles. The number of hydrogen-bond donors (Lipinski definition) is 0. The van der Waals surface area contributed by atoms with Crippen molar-refractivity contribution in [2.45, 2.75) is 17.5 Å². The van der Waals surface area contributed by atoms with Gasteiger partial charge < -0.3 is 0 Å². The van der Waals surface area contributed by atoms with Gasteiger partial charge in [-0.2, -0.15) is 18.3 Å². The summed E-state index contributed by atoms with van der Waals surface area (Å²) in [7, 11) is 0. The molecule has 2 nitrogen and oxygen atoms in total. The minimum atomic E-state index is -4.27. The number of nitrogens with zero attached hydrogens (tertiary/aromatic N) is 2.